The minimum absolute atomic E-state index is 0.831. The van der Waals surface area contributed by atoms with Gasteiger partial charge in [0.15, 0.2) is 0 Å². The van der Waals surface area contributed by atoms with Crippen LogP contribution >= 0.6 is 12.6 Å². The number of ether oxygens (including phenoxy) is 1. The van der Waals surface area contributed by atoms with Crippen LogP contribution in [0.5, 0.6) is 5.75 Å². The zero-order valence-electron chi connectivity index (χ0n) is 12.0. The second kappa shape index (κ2) is 6.67. The Balaban J connectivity index is 2.40. The summed E-state index contributed by atoms with van der Waals surface area (Å²) in [6.07, 6.45) is 3.62. The molecule has 0 radical (unpaired) electrons. The summed E-state index contributed by atoms with van der Waals surface area (Å²) >= 11 is 4.52. The van der Waals surface area contributed by atoms with Gasteiger partial charge >= 0.3 is 0 Å². The molecule has 0 saturated carbocycles. The Morgan fingerprint density at radius 1 is 1.10 bits per heavy atom. The van der Waals surface area contributed by atoms with Crippen molar-refractivity contribution in [3.63, 3.8) is 0 Å². The summed E-state index contributed by atoms with van der Waals surface area (Å²) in [7, 11) is 1.73. The molecule has 2 aromatic rings. The molecule has 0 saturated heterocycles. The van der Waals surface area contributed by atoms with Gasteiger partial charge in [-0.3, -0.25) is 0 Å². The van der Waals surface area contributed by atoms with E-state index in [2.05, 4.69) is 44.3 Å². The number of allylic oxidation sites excluding steroid dienone is 1. The maximum atomic E-state index is 5.62. The van der Waals surface area contributed by atoms with E-state index in [0.717, 1.165) is 23.5 Å². The van der Waals surface area contributed by atoms with Crippen molar-refractivity contribution in [1.29, 1.82) is 0 Å². The number of thiol groups is 1. The average Bonchev–Trinajstić information content (AvgIpc) is 2.45. The lowest BCUT2D eigenvalue weighted by molar-refractivity contribution is 0.407. The first-order valence-electron chi connectivity index (χ1n) is 6.70. The van der Waals surface area contributed by atoms with Crippen LogP contribution in [0.4, 0.5) is 0 Å². The molecule has 0 heterocycles. The fraction of sp³-hybridized carbons (Fsp3) is 0.222. The Morgan fingerprint density at radius 3 is 2.45 bits per heavy atom. The van der Waals surface area contributed by atoms with Crippen LogP contribution in [-0.2, 0) is 12.8 Å². The molecule has 2 heteroatoms. The third kappa shape index (κ3) is 3.07. The van der Waals surface area contributed by atoms with E-state index in [1.165, 1.54) is 22.3 Å². The standard InChI is InChI=1S/C18H20OS/c1-4-7-14-10-11-16(18(19-3)13(14)2)12-15-8-5-6-9-17(15)20/h4-6,8-11,20H,1,7,12H2,2-3H3. The van der Waals surface area contributed by atoms with Crippen molar-refractivity contribution < 1.29 is 4.74 Å². The molecule has 0 N–H and O–H groups in total. The topological polar surface area (TPSA) is 9.23 Å². The summed E-state index contributed by atoms with van der Waals surface area (Å²) in [6.45, 7) is 5.91. The second-order valence-electron chi connectivity index (χ2n) is 4.84. The molecule has 0 fully saturated rings. The predicted octanol–water partition coefficient (Wildman–Crippen LogP) is 4.61. The van der Waals surface area contributed by atoms with Crippen LogP contribution in [0.25, 0.3) is 0 Å². The summed E-state index contributed by atoms with van der Waals surface area (Å²) in [5, 5.41) is 0. The van der Waals surface area contributed by atoms with Gasteiger partial charge in [0.1, 0.15) is 5.75 Å². The molecule has 0 aliphatic rings. The van der Waals surface area contributed by atoms with Crippen molar-refractivity contribution in [2.24, 2.45) is 0 Å². The van der Waals surface area contributed by atoms with Gasteiger partial charge in [-0.25, -0.2) is 0 Å². The summed E-state index contributed by atoms with van der Waals surface area (Å²) in [5.41, 5.74) is 4.87. The summed E-state index contributed by atoms with van der Waals surface area (Å²) < 4.78 is 5.62. The fourth-order valence-corrected chi connectivity index (χ4v) is 2.69. The van der Waals surface area contributed by atoms with E-state index in [-0.39, 0.29) is 0 Å². The van der Waals surface area contributed by atoms with Crippen LogP contribution in [0.15, 0.2) is 53.9 Å². The minimum atomic E-state index is 0.831. The normalized spacial score (nSPS) is 10.3. The maximum Gasteiger partial charge on any atom is 0.125 e. The van der Waals surface area contributed by atoms with E-state index in [4.69, 9.17) is 4.74 Å². The van der Waals surface area contributed by atoms with E-state index in [0.29, 0.717) is 0 Å². The Bertz CT molecular complexity index is 617. The van der Waals surface area contributed by atoms with Crippen molar-refractivity contribution in [3.8, 4) is 5.75 Å². The highest BCUT2D eigenvalue weighted by Crippen LogP contribution is 2.30. The van der Waals surface area contributed by atoms with Crippen LogP contribution in [0.3, 0.4) is 0 Å². The Labute approximate surface area is 126 Å². The summed E-state index contributed by atoms with van der Waals surface area (Å²) in [5.74, 6) is 0.973. The molecule has 1 nitrogen and oxygen atoms in total. The Kier molecular flexibility index (Phi) is 4.91. The molecule has 0 atom stereocenters. The van der Waals surface area contributed by atoms with Crippen LogP contribution < -0.4 is 4.74 Å². The van der Waals surface area contributed by atoms with Gasteiger partial charge in [-0.15, -0.1) is 19.2 Å². The molecule has 0 aliphatic carbocycles. The zero-order valence-corrected chi connectivity index (χ0v) is 12.9. The second-order valence-corrected chi connectivity index (χ2v) is 5.32. The van der Waals surface area contributed by atoms with E-state index in [9.17, 15) is 0 Å². The third-order valence-corrected chi connectivity index (χ3v) is 3.98. The first-order chi connectivity index (χ1) is 9.67. The molecule has 0 unspecified atom stereocenters. The average molecular weight is 284 g/mol. The van der Waals surface area contributed by atoms with E-state index < -0.39 is 0 Å². The lowest BCUT2D eigenvalue weighted by Gasteiger charge is -2.15. The number of rotatable bonds is 5. The first kappa shape index (κ1) is 14.7. The van der Waals surface area contributed by atoms with E-state index >= 15 is 0 Å². The third-order valence-electron chi connectivity index (χ3n) is 3.54. The molecule has 0 aromatic heterocycles. The largest absolute Gasteiger partial charge is 0.496 e. The lowest BCUT2D eigenvalue weighted by atomic mass is 9.97. The minimum Gasteiger partial charge on any atom is -0.496 e. The van der Waals surface area contributed by atoms with Crippen LogP contribution in [0, 0.1) is 6.92 Å². The molecule has 2 aromatic carbocycles. The lowest BCUT2D eigenvalue weighted by Crippen LogP contribution is -2.00. The number of hydrogen-bond acceptors (Lipinski definition) is 2. The van der Waals surface area contributed by atoms with Crippen LogP contribution in [-0.4, -0.2) is 7.11 Å². The van der Waals surface area contributed by atoms with Gasteiger partial charge < -0.3 is 4.74 Å². The smallest absolute Gasteiger partial charge is 0.125 e. The van der Waals surface area contributed by atoms with Gasteiger partial charge in [-0.2, -0.15) is 0 Å². The molecular formula is C18H20OS. The highest BCUT2D eigenvalue weighted by molar-refractivity contribution is 7.80. The van der Waals surface area contributed by atoms with E-state index in [1.54, 1.807) is 7.11 Å². The number of benzene rings is 2. The number of methoxy groups -OCH3 is 1. The molecule has 0 spiro atoms. The van der Waals surface area contributed by atoms with Crippen LogP contribution in [0.1, 0.15) is 22.3 Å². The van der Waals surface area contributed by atoms with Gasteiger partial charge in [0.2, 0.25) is 0 Å². The molecule has 0 amide bonds. The van der Waals surface area contributed by atoms with Crippen molar-refractivity contribution >= 4 is 12.6 Å². The van der Waals surface area contributed by atoms with Gasteiger partial charge in [0, 0.05) is 11.3 Å². The van der Waals surface area contributed by atoms with E-state index in [1.807, 2.05) is 24.3 Å². The fourth-order valence-electron chi connectivity index (χ4n) is 2.45. The predicted molar refractivity (Wildman–Crippen MR) is 88.1 cm³/mol. The quantitative estimate of drug-likeness (QED) is 0.623. The van der Waals surface area contributed by atoms with Gasteiger partial charge in [0.05, 0.1) is 7.11 Å². The molecule has 0 aliphatic heterocycles. The molecular weight excluding hydrogens is 264 g/mol. The van der Waals surface area contributed by atoms with Crippen molar-refractivity contribution in [2.45, 2.75) is 24.7 Å². The van der Waals surface area contributed by atoms with Crippen molar-refractivity contribution in [1.82, 2.24) is 0 Å². The molecule has 0 bridgehead atoms. The van der Waals surface area contributed by atoms with Gasteiger partial charge in [0.25, 0.3) is 0 Å². The summed E-state index contributed by atoms with van der Waals surface area (Å²) in [6, 6.07) is 12.5. The maximum absolute atomic E-state index is 5.62. The van der Waals surface area contributed by atoms with Gasteiger partial charge in [-0.1, -0.05) is 36.4 Å². The first-order valence-corrected chi connectivity index (χ1v) is 7.15. The van der Waals surface area contributed by atoms with Crippen LogP contribution in [0.2, 0.25) is 0 Å². The molecule has 20 heavy (non-hydrogen) atoms. The van der Waals surface area contributed by atoms with Crippen molar-refractivity contribution in [3.05, 3.63) is 71.3 Å². The number of hydrogen-bond donors (Lipinski definition) is 1. The van der Waals surface area contributed by atoms with Crippen molar-refractivity contribution in [2.75, 3.05) is 7.11 Å². The van der Waals surface area contributed by atoms with Gasteiger partial charge in [-0.05, 0) is 41.7 Å². The highest BCUT2D eigenvalue weighted by Gasteiger charge is 2.11. The molecule has 104 valence electrons. The Morgan fingerprint density at radius 2 is 1.80 bits per heavy atom. The zero-order chi connectivity index (χ0) is 14.5. The summed E-state index contributed by atoms with van der Waals surface area (Å²) in [4.78, 5) is 1.02. The molecule has 2 rings (SSSR count). The SMILES string of the molecule is C=CCc1ccc(Cc2ccccc2S)c(OC)c1C. The monoisotopic (exact) mass is 284 g/mol. The Hall–Kier alpha value is -1.67. The highest BCUT2D eigenvalue weighted by atomic mass is 32.1.